The molecule has 1 aliphatic heterocycles. The number of hydrogen-bond donors (Lipinski definition) is 1. The molecule has 3 rings (SSSR count). The van der Waals surface area contributed by atoms with E-state index < -0.39 is 30.2 Å². The predicted octanol–water partition coefficient (Wildman–Crippen LogP) is 2.63. The van der Waals surface area contributed by atoms with Gasteiger partial charge in [0.15, 0.2) is 7.85 Å². The van der Waals surface area contributed by atoms with E-state index in [9.17, 15) is 14.0 Å². The topological polar surface area (TPSA) is 86.1 Å². The van der Waals surface area contributed by atoms with E-state index in [0.29, 0.717) is 5.56 Å². The molecule has 2 aromatic rings. The van der Waals surface area contributed by atoms with Gasteiger partial charge in [-0.05, 0) is 40.1 Å². The van der Waals surface area contributed by atoms with Gasteiger partial charge in [0.05, 0.1) is 11.2 Å². The van der Waals surface area contributed by atoms with E-state index in [-0.39, 0.29) is 17.1 Å². The fourth-order valence-corrected chi connectivity index (χ4v) is 3.00. The first-order chi connectivity index (χ1) is 13.3. The summed E-state index contributed by atoms with van der Waals surface area (Å²) in [6.45, 7) is 9.04. The molecule has 1 aromatic carbocycles. The SMILES string of the molecule is [B]C(F)(F)C(C)n1nc(-c2ccc(B3OC(C)(C)C(C)(C)O3)cc2)c(C#N)c1N. The van der Waals surface area contributed by atoms with Crippen LogP contribution in [0.5, 0.6) is 0 Å². The highest BCUT2D eigenvalue weighted by Crippen LogP contribution is 2.37. The Labute approximate surface area is 170 Å². The van der Waals surface area contributed by atoms with Crippen molar-refractivity contribution in [1.82, 2.24) is 9.78 Å². The second-order valence-electron chi connectivity index (χ2n) is 8.23. The molecule has 1 saturated heterocycles. The van der Waals surface area contributed by atoms with Gasteiger partial charge in [0.1, 0.15) is 29.2 Å². The van der Waals surface area contributed by atoms with Gasteiger partial charge < -0.3 is 15.0 Å². The Hall–Kier alpha value is -2.37. The lowest BCUT2D eigenvalue weighted by atomic mass is 9.78. The average molecular weight is 398 g/mol. The highest BCUT2D eigenvalue weighted by molar-refractivity contribution is 6.62. The molecule has 1 atom stereocenters. The van der Waals surface area contributed by atoms with Gasteiger partial charge in [-0.1, -0.05) is 24.3 Å². The highest BCUT2D eigenvalue weighted by atomic mass is 19.3. The van der Waals surface area contributed by atoms with Crippen molar-refractivity contribution in [2.45, 2.75) is 57.7 Å². The molecule has 6 nitrogen and oxygen atoms in total. The van der Waals surface area contributed by atoms with Gasteiger partial charge >= 0.3 is 7.12 Å². The lowest BCUT2D eigenvalue weighted by molar-refractivity contribution is 0.00578. The van der Waals surface area contributed by atoms with E-state index >= 15 is 0 Å². The Morgan fingerprint density at radius 2 is 1.72 bits per heavy atom. The zero-order valence-electron chi connectivity index (χ0n) is 17.0. The molecular formula is C19H22B2F2N4O2. The molecule has 0 saturated carbocycles. The van der Waals surface area contributed by atoms with E-state index in [1.165, 1.54) is 6.92 Å². The van der Waals surface area contributed by atoms with Crippen LogP contribution < -0.4 is 11.2 Å². The Bertz CT molecular complexity index is 946. The molecule has 2 heterocycles. The molecule has 1 aromatic heterocycles. The van der Waals surface area contributed by atoms with Crippen LogP contribution in [0.4, 0.5) is 14.6 Å². The highest BCUT2D eigenvalue weighted by Gasteiger charge is 2.51. The summed E-state index contributed by atoms with van der Waals surface area (Å²) in [6, 6.07) is 7.44. The Morgan fingerprint density at radius 3 is 2.17 bits per heavy atom. The lowest BCUT2D eigenvalue weighted by Gasteiger charge is -2.32. The summed E-state index contributed by atoms with van der Waals surface area (Å²) in [5, 5.41) is 13.6. The lowest BCUT2D eigenvalue weighted by Crippen LogP contribution is -2.41. The first-order valence-corrected chi connectivity index (χ1v) is 9.19. The minimum atomic E-state index is -3.54. The smallest absolute Gasteiger partial charge is 0.399 e. The molecule has 1 unspecified atom stereocenters. The van der Waals surface area contributed by atoms with Crippen molar-refractivity contribution in [1.29, 1.82) is 5.26 Å². The van der Waals surface area contributed by atoms with Gasteiger partial charge in [-0.15, -0.1) is 0 Å². The number of benzene rings is 1. The van der Waals surface area contributed by atoms with Crippen LogP contribution in [0.2, 0.25) is 0 Å². The zero-order valence-corrected chi connectivity index (χ0v) is 17.0. The number of alkyl halides is 2. The number of halogens is 2. The van der Waals surface area contributed by atoms with Crippen molar-refractivity contribution < 1.29 is 18.1 Å². The number of nitrogens with zero attached hydrogens (tertiary/aromatic N) is 3. The van der Waals surface area contributed by atoms with Crippen LogP contribution in [-0.4, -0.2) is 41.8 Å². The maximum atomic E-state index is 13.5. The second-order valence-corrected chi connectivity index (χ2v) is 8.23. The summed E-state index contributed by atoms with van der Waals surface area (Å²) in [4.78, 5) is 0. The quantitative estimate of drug-likeness (QED) is 0.801. The fraction of sp³-hybridized carbons (Fsp3) is 0.474. The summed E-state index contributed by atoms with van der Waals surface area (Å²) in [5.74, 6) is -3.69. The van der Waals surface area contributed by atoms with Gasteiger partial charge in [0, 0.05) is 5.56 Å². The maximum absolute atomic E-state index is 13.5. The van der Waals surface area contributed by atoms with E-state index in [4.69, 9.17) is 22.9 Å². The first-order valence-electron chi connectivity index (χ1n) is 9.19. The number of anilines is 1. The summed E-state index contributed by atoms with van der Waals surface area (Å²) >= 11 is 0. The number of nitrogen functional groups attached to an aromatic ring is 1. The molecular weight excluding hydrogens is 376 g/mol. The number of nitriles is 1. The van der Waals surface area contributed by atoms with E-state index in [2.05, 4.69) is 5.10 Å². The molecule has 29 heavy (non-hydrogen) atoms. The first kappa shape index (κ1) is 21.3. The number of aromatic nitrogens is 2. The van der Waals surface area contributed by atoms with Crippen molar-refractivity contribution in [2.24, 2.45) is 0 Å². The molecule has 0 bridgehead atoms. The van der Waals surface area contributed by atoms with Crippen molar-refractivity contribution in [3.63, 3.8) is 0 Å². The molecule has 0 spiro atoms. The minimum Gasteiger partial charge on any atom is -0.399 e. The third-order valence-corrected chi connectivity index (χ3v) is 5.69. The molecule has 1 fully saturated rings. The van der Waals surface area contributed by atoms with Crippen LogP contribution in [0.15, 0.2) is 24.3 Å². The molecule has 150 valence electrons. The van der Waals surface area contributed by atoms with Crippen molar-refractivity contribution in [3.05, 3.63) is 29.8 Å². The molecule has 2 radical (unpaired) electrons. The third-order valence-electron chi connectivity index (χ3n) is 5.69. The van der Waals surface area contributed by atoms with E-state index in [1.807, 2.05) is 33.8 Å². The van der Waals surface area contributed by atoms with Crippen molar-refractivity contribution >= 4 is 26.2 Å². The van der Waals surface area contributed by atoms with Crippen LogP contribution in [0.1, 0.15) is 46.2 Å². The van der Waals surface area contributed by atoms with Gasteiger partial charge in [0.25, 0.3) is 0 Å². The number of hydrogen-bond acceptors (Lipinski definition) is 5. The largest absolute Gasteiger partial charge is 0.494 e. The van der Waals surface area contributed by atoms with Crippen molar-refractivity contribution in [3.8, 4) is 17.3 Å². The van der Waals surface area contributed by atoms with Crippen molar-refractivity contribution in [2.75, 3.05) is 5.73 Å². The molecule has 1 aliphatic rings. The van der Waals surface area contributed by atoms with Crippen LogP contribution in [0.3, 0.4) is 0 Å². The van der Waals surface area contributed by atoms with Gasteiger partial charge in [-0.2, -0.15) is 10.4 Å². The second kappa shape index (κ2) is 6.85. The van der Waals surface area contributed by atoms with Crippen LogP contribution in [-0.2, 0) is 9.31 Å². The Morgan fingerprint density at radius 1 is 1.21 bits per heavy atom. The predicted molar refractivity (Wildman–Crippen MR) is 108 cm³/mol. The van der Waals surface area contributed by atoms with Crippen LogP contribution >= 0.6 is 0 Å². The zero-order chi connectivity index (χ0) is 21.8. The Kier molecular flexibility index (Phi) is 5.04. The van der Waals surface area contributed by atoms with Gasteiger partial charge in [-0.3, -0.25) is 0 Å². The molecule has 2 N–H and O–H groups in total. The van der Waals surface area contributed by atoms with E-state index in [1.54, 1.807) is 24.3 Å². The molecule has 0 aliphatic carbocycles. The fourth-order valence-electron chi connectivity index (χ4n) is 3.00. The summed E-state index contributed by atoms with van der Waals surface area (Å²) in [6.07, 6.45) is 0. The summed E-state index contributed by atoms with van der Waals surface area (Å²) in [5.41, 5.74) is 6.52. The standard InChI is InChI=1S/C19H22B2F2N4O2/c1-11(19(20,22)23)27-16(25)14(10-24)15(26-27)12-6-8-13(9-7-12)21-28-17(2,3)18(4,5)29-21/h6-9,11H,25H2,1-5H3. The Balaban J connectivity index is 1.94. The minimum absolute atomic E-state index is 0.0180. The molecule has 0 amide bonds. The summed E-state index contributed by atoms with van der Waals surface area (Å²) in [7, 11) is 4.35. The van der Waals surface area contributed by atoms with Crippen LogP contribution in [0, 0.1) is 11.3 Å². The van der Waals surface area contributed by atoms with Gasteiger partial charge in [-0.25, -0.2) is 13.5 Å². The number of rotatable bonds is 4. The summed E-state index contributed by atoms with van der Waals surface area (Å²) < 4.78 is 40.0. The monoisotopic (exact) mass is 398 g/mol. The normalized spacial score (nSPS) is 19.2. The maximum Gasteiger partial charge on any atom is 0.494 e. The van der Waals surface area contributed by atoms with Gasteiger partial charge in [0.2, 0.25) is 5.82 Å². The third kappa shape index (κ3) is 3.65. The van der Waals surface area contributed by atoms with Crippen LogP contribution in [0.25, 0.3) is 11.3 Å². The van der Waals surface area contributed by atoms with E-state index in [0.717, 1.165) is 10.1 Å². The molecule has 10 heteroatoms. The number of nitrogens with two attached hydrogens (primary N) is 1. The average Bonchev–Trinajstić information content (AvgIpc) is 3.06.